The number of hydrogen-bond donors (Lipinski definition) is 2. The number of carbonyl (C=O) groups is 1. The number of halogens is 1. The maximum Gasteiger partial charge on any atom is 0.328 e. The Morgan fingerprint density at radius 2 is 1.96 bits per heavy atom. The zero-order valence-corrected chi connectivity index (χ0v) is 16.1. The number of likely N-dealkylation sites (tertiary alicyclic amines) is 1. The lowest BCUT2D eigenvalue weighted by Crippen LogP contribution is -2.34. The van der Waals surface area contributed by atoms with Gasteiger partial charge in [0.15, 0.2) is 0 Å². The third-order valence-corrected chi connectivity index (χ3v) is 4.91. The normalized spacial score (nSPS) is 15.6. The molecule has 3 N–H and O–H groups in total. The average molecular weight is 388 g/mol. The largest absolute Gasteiger partial charge is 0.478 e. The van der Waals surface area contributed by atoms with Crippen molar-refractivity contribution in [3.8, 4) is 0 Å². The Morgan fingerprint density at radius 1 is 1.26 bits per heavy atom. The van der Waals surface area contributed by atoms with Gasteiger partial charge in [0.1, 0.15) is 5.82 Å². The van der Waals surface area contributed by atoms with Crippen LogP contribution in [-0.4, -0.2) is 34.0 Å². The molecule has 3 rings (SSSR count). The fraction of sp³-hybridized carbons (Fsp3) is 0.333. The molecule has 0 atom stereocenters. The van der Waals surface area contributed by atoms with E-state index in [4.69, 9.17) is 10.8 Å². The number of anilines is 1. The molecule has 144 valence electrons. The summed E-state index contributed by atoms with van der Waals surface area (Å²) < 4.78 is 0. The number of aromatic nitrogens is 1. The fourth-order valence-electron chi connectivity index (χ4n) is 3.46. The summed E-state index contributed by atoms with van der Waals surface area (Å²) in [5.41, 5.74) is 9.15. The van der Waals surface area contributed by atoms with Crippen molar-refractivity contribution in [3.05, 3.63) is 65.4 Å². The summed E-state index contributed by atoms with van der Waals surface area (Å²) in [6, 6.07) is 12.6. The van der Waals surface area contributed by atoms with Gasteiger partial charge in [-0.05, 0) is 61.5 Å². The quantitative estimate of drug-likeness (QED) is 0.740. The minimum absolute atomic E-state index is 0. The van der Waals surface area contributed by atoms with Crippen LogP contribution in [0.3, 0.4) is 0 Å². The third kappa shape index (κ3) is 6.38. The summed E-state index contributed by atoms with van der Waals surface area (Å²) in [4.78, 5) is 17.3. The smallest absolute Gasteiger partial charge is 0.328 e. The van der Waals surface area contributed by atoms with Gasteiger partial charge in [-0.1, -0.05) is 30.3 Å². The molecule has 0 radical (unpaired) electrons. The van der Waals surface area contributed by atoms with Gasteiger partial charge >= 0.3 is 5.97 Å². The fourth-order valence-corrected chi connectivity index (χ4v) is 3.46. The average Bonchev–Trinajstić information content (AvgIpc) is 2.65. The molecule has 2 aromatic rings. The number of benzene rings is 1. The lowest BCUT2D eigenvalue weighted by Gasteiger charge is -2.32. The number of rotatable bonds is 6. The lowest BCUT2D eigenvalue weighted by atomic mass is 9.90. The summed E-state index contributed by atoms with van der Waals surface area (Å²) in [5, 5.41) is 8.75. The van der Waals surface area contributed by atoms with Gasteiger partial charge in [-0.3, -0.25) is 4.90 Å². The molecular weight excluding hydrogens is 362 g/mol. The van der Waals surface area contributed by atoms with Gasteiger partial charge in [0.25, 0.3) is 0 Å². The number of nitrogen functional groups attached to an aromatic ring is 1. The molecule has 1 aromatic heterocycles. The molecule has 0 aliphatic carbocycles. The van der Waals surface area contributed by atoms with Gasteiger partial charge in [-0.2, -0.15) is 0 Å². The molecule has 1 aromatic carbocycles. The highest BCUT2D eigenvalue weighted by atomic mass is 35.5. The van der Waals surface area contributed by atoms with Crippen molar-refractivity contribution < 1.29 is 9.90 Å². The van der Waals surface area contributed by atoms with Crippen LogP contribution in [0.2, 0.25) is 0 Å². The van der Waals surface area contributed by atoms with Crippen LogP contribution in [0.4, 0.5) is 5.82 Å². The minimum atomic E-state index is -0.969. The summed E-state index contributed by atoms with van der Waals surface area (Å²) in [6.45, 7) is 2.85. The molecule has 1 aliphatic heterocycles. The van der Waals surface area contributed by atoms with E-state index in [1.807, 2.05) is 6.07 Å². The van der Waals surface area contributed by atoms with Crippen molar-refractivity contribution in [3.63, 3.8) is 0 Å². The van der Waals surface area contributed by atoms with Gasteiger partial charge in [0.2, 0.25) is 0 Å². The first kappa shape index (κ1) is 20.9. The maximum absolute atomic E-state index is 10.7. The van der Waals surface area contributed by atoms with Crippen molar-refractivity contribution in [2.45, 2.75) is 25.8 Å². The van der Waals surface area contributed by atoms with Gasteiger partial charge in [-0.25, -0.2) is 9.78 Å². The van der Waals surface area contributed by atoms with Crippen LogP contribution in [0, 0.1) is 5.92 Å². The topological polar surface area (TPSA) is 79.4 Å². The van der Waals surface area contributed by atoms with Crippen molar-refractivity contribution in [1.29, 1.82) is 0 Å². The van der Waals surface area contributed by atoms with E-state index >= 15 is 0 Å². The molecule has 1 fully saturated rings. The number of carboxylic acid groups (broad SMARTS) is 1. The lowest BCUT2D eigenvalue weighted by molar-refractivity contribution is -0.131. The zero-order valence-electron chi connectivity index (χ0n) is 15.3. The number of hydrogen-bond acceptors (Lipinski definition) is 4. The van der Waals surface area contributed by atoms with E-state index in [0.29, 0.717) is 5.82 Å². The number of aliphatic carboxylic acids is 1. The third-order valence-electron chi connectivity index (χ3n) is 4.91. The highest BCUT2D eigenvalue weighted by Gasteiger charge is 2.20. The monoisotopic (exact) mass is 387 g/mol. The molecule has 0 saturated carbocycles. The second-order valence-corrected chi connectivity index (χ2v) is 6.89. The number of piperidine rings is 1. The number of nitrogens with zero attached hydrogens (tertiary/aromatic N) is 2. The van der Waals surface area contributed by atoms with Crippen LogP contribution >= 0.6 is 12.4 Å². The molecule has 0 unspecified atom stereocenters. The van der Waals surface area contributed by atoms with E-state index in [9.17, 15) is 4.79 Å². The van der Waals surface area contributed by atoms with Crippen molar-refractivity contribution >= 4 is 30.3 Å². The van der Waals surface area contributed by atoms with E-state index in [0.717, 1.165) is 49.2 Å². The van der Waals surface area contributed by atoms with E-state index in [1.165, 1.54) is 18.4 Å². The van der Waals surface area contributed by atoms with Crippen LogP contribution in [0.25, 0.3) is 6.08 Å². The van der Waals surface area contributed by atoms with E-state index in [1.54, 1.807) is 12.3 Å². The predicted octanol–water partition coefficient (Wildman–Crippen LogP) is 3.64. The molecule has 0 bridgehead atoms. The summed E-state index contributed by atoms with van der Waals surface area (Å²) in [5.74, 6) is 0.279. The van der Waals surface area contributed by atoms with E-state index < -0.39 is 5.97 Å². The first-order chi connectivity index (χ1) is 12.6. The Morgan fingerprint density at radius 3 is 2.63 bits per heavy atom. The van der Waals surface area contributed by atoms with Crippen molar-refractivity contribution in [2.75, 3.05) is 18.8 Å². The summed E-state index contributed by atoms with van der Waals surface area (Å²) in [6.07, 6.45) is 7.77. The Bertz CT molecular complexity index is 772. The maximum atomic E-state index is 10.7. The highest BCUT2D eigenvalue weighted by molar-refractivity contribution is 5.85. The molecule has 2 heterocycles. The molecule has 6 heteroatoms. The molecule has 0 amide bonds. The van der Waals surface area contributed by atoms with Gasteiger partial charge in [-0.15, -0.1) is 12.4 Å². The molecule has 0 spiro atoms. The van der Waals surface area contributed by atoms with E-state index in [-0.39, 0.29) is 12.4 Å². The summed E-state index contributed by atoms with van der Waals surface area (Å²) in [7, 11) is 0. The summed E-state index contributed by atoms with van der Waals surface area (Å²) >= 11 is 0. The first-order valence-corrected chi connectivity index (χ1v) is 9.02. The van der Waals surface area contributed by atoms with Crippen LogP contribution in [0.1, 0.15) is 29.5 Å². The standard InChI is InChI=1S/C21H25N3O2.ClH/c22-21-19(13-18(14-23-21)6-7-20(25)26)15-24-10-8-17(9-11-24)12-16-4-2-1-3-5-16;/h1-7,13-14,17H,8-12,15H2,(H2,22,23)(H,25,26);1H. The van der Waals surface area contributed by atoms with Crippen molar-refractivity contribution in [1.82, 2.24) is 9.88 Å². The molecular formula is C21H26ClN3O2. The van der Waals surface area contributed by atoms with Crippen LogP contribution in [0.15, 0.2) is 48.7 Å². The van der Waals surface area contributed by atoms with E-state index in [2.05, 4.69) is 40.2 Å². The highest BCUT2D eigenvalue weighted by Crippen LogP contribution is 2.24. The Labute approximate surface area is 166 Å². The second kappa shape index (κ2) is 10.1. The van der Waals surface area contributed by atoms with Gasteiger partial charge in [0.05, 0.1) is 0 Å². The zero-order chi connectivity index (χ0) is 18.4. The Kier molecular flexibility index (Phi) is 7.82. The van der Waals surface area contributed by atoms with Gasteiger partial charge in [0, 0.05) is 24.4 Å². The second-order valence-electron chi connectivity index (χ2n) is 6.89. The molecule has 27 heavy (non-hydrogen) atoms. The Balaban J connectivity index is 0.00000261. The Hall–Kier alpha value is -2.37. The SMILES string of the molecule is Cl.Nc1ncc(C=CC(=O)O)cc1CN1CCC(Cc2ccccc2)CC1. The van der Waals surface area contributed by atoms with Crippen molar-refractivity contribution in [2.24, 2.45) is 5.92 Å². The number of carboxylic acids is 1. The van der Waals surface area contributed by atoms with Gasteiger partial charge < -0.3 is 10.8 Å². The molecule has 1 saturated heterocycles. The van der Waals surface area contributed by atoms with Crippen LogP contribution in [0.5, 0.6) is 0 Å². The minimum Gasteiger partial charge on any atom is -0.478 e. The molecule has 5 nitrogen and oxygen atoms in total. The predicted molar refractivity (Wildman–Crippen MR) is 111 cm³/mol. The first-order valence-electron chi connectivity index (χ1n) is 9.02. The number of pyridine rings is 1. The molecule has 1 aliphatic rings. The van der Waals surface area contributed by atoms with Crippen LogP contribution < -0.4 is 5.73 Å². The van der Waals surface area contributed by atoms with Crippen LogP contribution in [-0.2, 0) is 17.8 Å². The number of nitrogens with two attached hydrogens (primary N) is 1.